The average molecular weight is 268 g/mol. The standard InChI is InChI=1S/C17H20N2O/c1-12-8-9-13(2)15(10-12)11-19-17(20)16(18)14-6-4-3-5-7-14/h3-10,16H,11,18H2,1-2H3,(H,19,20). The Bertz CT molecular complexity index is 593. The first-order valence-corrected chi connectivity index (χ1v) is 6.72. The SMILES string of the molecule is Cc1ccc(C)c(CNC(=O)C(N)c2ccccc2)c1. The van der Waals surface area contributed by atoms with E-state index < -0.39 is 6.04 Å². The summed E-state index contributed by atoms with van der Waals surface area (Å²) < 4.78 is 0. The summed E-state index contributed by atoms with van der Waals surface area (Å²) in [6.07, 6.45) is 0. The number of rotatable bonds is 4. The van der Waals surface area contributed by atoms with Crippen molar-refractivity contribution in [2.75, 3.05) is 0 Å². The lowest BCUT2D eigenvalue weighted by molar-refractivity contribution is -0.122. The zero-order chi connectivity index (χ0) is 14.5. The van der Waals surface area contributed by atoms with Crippen LogP contribution in [0.15, 0.2) is 48.5 Å². The third-order valence-corrected chi connectivity index (χ3v) is 3.40. The summed E-state index contributed by atoms with van der Waals surface area (Å²) in [5.74, 6) is -0.155. The van der Waals surface area contributed by atoms with E-state index in [0.29, 0.717) is 6.54 Å². The Morgan fingerprint density at radius 3 is 2.55 bits per heavy atom. The first-order valence-electron chi connectivity index (χ1n) is 6.72. The molecule has 104 valence electrons. The monoisotopic (exact) mass is 268 g/mol. The molecule has 0 heterocycles. The van der Waals surface area contributed by atoms with Gasteiger partial charge in [0.25, 0.3) is 0 Å². The van der Waals surface area contributed by atoms with Gasteiger partial charge in [-0.2, -0.15) is 0 Å². The van der Waals surface area contributed by atoms with Crippen LogP contribution < -0.4 is 11.1 Å². The minimum Gasteiger partial charge on any atom is -0.350 e. The topological polar surface area (TPSA) is 55.1 Å². The van der Waals surface area contributed by atoms with Gasteiger partial charge in [0.05, 0.1) is 0 Å². The predicted octanol–water partition coefficient (Wildman–Crippen LogP) is 2.62. The van der Waals surface area contributed by atoms with Crippen LogP contribution in [0.3, 0.4) is 0 Å². The first-order chi connectivity index (χ1) is 9.58. The van der Waals surface area contributed by atoms with E-state index in [1.807, 2.05) is 44.2 Å². The molecule has 2 rings (SSSR count). The number of hydrogen-bond donors (Lipinski definition) is 2. The molecule has 0 aliphatic heterocycles. The molecule has 0 fully saturated rings. The zero-order valence-electron chi connectivity index (χ0n) is 11.9. The Hall–Kier alpha value is -2.13. The van der Waals surface area contributed by atoms with Gasteiger partial charge in [0, 0.05) is 6.54 Å². The number of nitrogens with two attached hydrogens (primary N) is 1. The van der Waals surface area contributed by atoms with Crippen molar-refractivity contribution < 1.29 is 4.79 Å². The molecule has 0 aliphatic carbocycles. The summed E-state index contributed by atoms with van der Waals surface area (Å²) in [5, 5.41) is 2.90. The molecule has 0 aromatic heterocycles. The Labute approximate surface area is 119 Å². The first kappa shape index (κ1) is 14.3. The van der Waals surface area contributed by atoms with E-state index in [-0.39, 0.29) is 5.91 Å². The molecule has 0 saturated carbocycles. The molecule has 2 aromatic rings. The van der Waals surface area contributed by atoms with Crippen molar-refractivity contribution in [2.24, 2.45) is 5.73 Å². The molecule has 1 unspecified atom stereocenters. The van der Waals surface area contributed by atoms with Crippen LogP contribution in [0.4, 0.5) is 0 Å². The zero-order valence-corrected chi connectivity index (χ0v) is 11.9. The Kier molecular flexibility index (Phi) is 4.53. The fourth-order valence-electron chi connectivity index (χ4n) is 2.09. The van der Waals surface area contributed by atoms with Crippen molar-refractivity contribution >= 4 is 5.91 Å². The van der Waals surface area contributed by atoms with E-state index in [1.165, 1.54) is 11.1 Å². The lowest BCUT2D eigenvalue weighted by Gasteiger charge is -2.14. The van der Waals surface area contributed by atoms with Gasteiger partial charge in [0.1, 0.15) is 6.04 Å². The molecule has 0 saturated heterocycles. The Morgan fingerprint density at radius 1 is 1.15 bits per heavy atom. The van der Waals surface area contributed by atoms with Crippen molar-refractivity contribution in [3.63, 3.8) is 0 Å². The molecule has 0 bridgehead atoms. The minimum atomic E-state index is -0.624. The fraction of sp³-hybridized carbons (Fsp3) is 0.235. The highest BCUT2D eigenvalue weighted by Gasteiger charge is 2.15. The molecule has 1 amide bonds. The second kappa shape index (κ2) is 6.35. The number of benzene rings is 2. The maximum atomic E-state index is 12.1. The largest absolute Gasteiger partial charge is 0.350 e. The molecule has 0 radical (unpaired) electrons. The van der Waals surface area contributed by atoms with Crippen molar-refractivity contribution in [1.82, 2.24) is 5.32 Å². The molecular formula is C17H20N2O. The summed E-state index contributed by atoms with van der Waals surface area (Å²) in [6, 6.07) is 15.0. The normalized spacial score (nSPS) is 11.9. The number of aryl methyl sites for hydroxylation is 2. The second-order valence-electron chi connectivity index (χ2n) is 5.04. The second-order valence-corrected chi connectivity index (χ2v) is 5.04. The number of hydrogen-bond acceptors (Lipinski definition) is 2. The van der Waals surface area contributed by atoms with Gasteiger partial charge in [-0.15, -0.1) is 0 Å². The average Bonchev–Trinajstić information content (AvgIpc) is 2.48. The molecular weight excluding hydrogens is 248 g/mol. The van der Waals surface area contributed by atoms with Crippen molar-refractivity contribution in [2.45, 2.75) is 26.4 Å². The molecule has 2 aromatic carbocycles. The molecule has 1 atom stereocenters. The summed E-state index contributed by atoms with van der Waals surface area (Å²) in [6.45, 7) is 4.59. The van der Waals surface area contributed by atoms with Crippen LogP contribution in [0, 0.1) is 13.8 Å². The van der Waals surface area contributed by atoms with Crippen LogP contribution in [-0.4, -0.2) is 5.91 Å². The molecule has 3 N–H and O–H groups in total. The maximum Gasteiger partial charge on any atom is 0.241 e. The van der Waals surface area contributed by atoms with Gasteiger partial charge in [-0.3, -0.25) is 4.79 Å². The summed E-state index contributed by atoms with van der Waals surface area (Å²) in [7, 11) is 0. The number of nitrogens with one attached hydrogen (secondary N) is 1. The smallest absolute Gasteiger partial charge is 0.241 e. The Morgan fingerprint density at radius 2 is 1.85 bits per heavy atom. The lowest BCUT2D eigenvalue weighted by Crippen LogP contribution is -2.33. The third kappa shape index (κ3) is 3.45. The highest BCUT2D eigenvalue weighted by molar-refractivity contribution is 5.82. The van der Waals surface area contributed by atoms with E-state index in [2.05, 4.69) is 23.5 Å². The van der Waals surface area contributed by atoms with Gasteiger partial charge in [-0.1, -0.05) is 54.1 Å². The van der Waals surface area contributed by atoms with Crippen LogP contribution in [0.25, 0.3) is 0 Å². The van der Waals surface area contributed by atoms with Gasteiger partial charge in [0.15, 0.2) is 0 Å². The van der Waals surface area contributed by atoms with Gasteiger partial charge in [0.2, 0.25) is 5.91 Å². The molecule has 0 aliphatic rings. The predicted molar refractivity (Wildman–Crippen MR) is 81.1 cm³/mol. The van der Waals surface area contributed by atoms with Crippen molar-refractivity contribution in [1.29, 1.82) is 0 Å². The quantitative estimate of drug-likeness (QED) is 0.895. The lowest BCUT2D eigenvalue weighted by atomic mass is 10.0. The molecule has 0 spiro atoms. The van der Waals surface area contributed by atoms with Crippen molar-refractivity contribution in [3.8, 4) is 0 Å². The maximum absolute atomic E-state index is 12.1. The van der Waals surface area contributed by atoms with Gasteiger partial charge >= 0.3 is 0 Å². The number of carbonyl (C=O) groups is 1. The van der Waals surface area contributed by atoms with E-state index in [4.69, 9.17) is 5.73 Å². The number of carbonyl (C=O) groups excluding carboxylic acids is 1. The van der Waals surface area contributed by atoms with E-state index in [9.17, 15) is 4.79 Å². The fourth-order valence-corrected chi connectivity index (χ4v) is 2.09. The summed E-state index contributed by atoms with van der Waals surface area (Å²) >= 11 is 0. The van der Waals surface area contributed by atoms with Crippen LogP contribution in [0.5, 0.6) is 0 Å². The molecule has 3 heteroatoms. The van der Waals surface area contributed by atoms with Crippen LogP contribution in [0.1, 0.15) is 28.3 Å². The van der Waals surface area contributed by atoms with Gasteiger partial charge in [-0.05, 0) is 30.5 Å². The highest BCUT2D eigenvalue weighted by Crippen LogP contribution is 2.12. The summed E-state index contributed by atoms with van der Waals surface area (Å²) in [5.41, 5.74) is 10.3. The van der Waals surface area contributed by atoms with Gasteiger partial charge < -0.3 is 11.1 Å². The van der Waals surface area contributed by atoms with E-state index in [0.717, 1.165) is 11.1 Å². The Balaban J connectivity index is 2.00. The number of amides is 1. The van der Waals surface area contributed by atoms with Gasteiger partial charge in [-0.25, -0.2) is 0 Å². The highest BCUT2D eigenvalue weighted by atomic mass is 16.2. The molecule has 3 nitrogen and oxygen atoms in total. The van der Waals surface area contributed by atoms with E-state index >= 15 is 0 Å². The van der Waals surface area contributed by atoms with Crippen LogP contribution in [-0.2, 0) is 11.3 Å². The summed E-state index contributed by atoms with van der Waals surface area (Å²) in [4.78, 5) is 12.1. The van der Waals surface area contributed by atoms with Crippen molar-refractivity contribution in [3.05, 3.63) is 70.8 Å². The van der Waals surface area contributed by atoms with E-state index in [1.54, 1.807) is 0 Å². The molecule has 20 heavy (non-hydrogen) atoms. The minimum absolute atomic E-state index is 0.155. The van der Waals surface area contributed by atoms with Crippen LogP contribution >= 0.6 is 0 Å². The third-order valence-electron chi connectivity index (χ3n) is 3.40. The van der Waals surface area contributed by atoms with Crippen LogP contribution in [0.2, 0.25) is 0 Å².